The monoisotopic (exact) mass is 257 g/mol. The van der Waals surface area contributed by atoms with Crippen molar-refractivity contribution in [2.45, 2.75) is 46.6 Å². The Bertz CT molecular complexity index is 435. The van der Waals surface area contributed by atoms with Gasteiger partial charge in [0.2, 0.25) is 0 Å². The highest BCUT2D eigenvalue weighted by Crippen LogP contribution is 2.17. The Morgan fingerprint density at radius 3 is 2.32 bits per heavy atom. The normalized spacial score (nSPS) is 12.1. The quantitative estimate of drug-likeness (QED) is 0.747. The summed E-state index contributed by atoms with van der Waals surface area (Å²) < 4.78 is 0. The molecule has 1 N–H and O–H groups in total. The molecule has 0 aliphatic carbocycles. The lowest BCUT2D eigenvalue weighted by Crippen LogP contribution is -2.36. The SMILES string of the molecule is C=C(NC(C)(C)CC)c1ccc(/C=C/C(C)C)cc1. The second-order valence-corrected chi connectivity index (χ2v) is 6.07. The molecule has 0 aliphatic rings. The third-order valence-electron chi connectivity index (χ3n) is 3.31. The second kappa shape index (κ2) is 6.60. The smallest absolute Gasteiger partial charge is 0.0344 e. The van der Waals surface area contributed by atoms with E-state index in [2.05, 4.69) is 82.9 Å². The number of allylic oxidation sites excluding steroid dienone is 1. The first-order chi connectivity index (χ1) is 8.84. The molecule has 1 heteroatoms. The van der Waals surface area contributed by atoms with Crippen LogP contribution in [-0.4, -0.2) is 5.54 Å². The maximum atomic E-state index is 4.13. The molecule has 0 atom stereocenters. The van der Waals surface area contributed by atoms with Gasteiger partial charge < -0.3 is 5.32 Å². The molecule has 1 rings (SSSR count). The van der Waals surface area contributed by atoms with Gasteiger partial charge in [-0.1, -0.05) is 63.8 Å². The zero-order chi connectivity index (χ0) is 14.5. The Hall–Kier alpha value is -1.50. The average molecular weight is 257 g/mol. The van der Waals surface area contributed by atoms with Gasteiger partial charge in [0.05, 0.1) is 0 Å². The molecule has 0 saturated heterocycles. The van der Waals surface area contributed by atoms with E-state index >= 15 is 0 Å². The van der Waals surface area contributed by atoms with Gasteiger partial charge in [-0.05, 0) is 37.3 Å². The predicted molar refractivity (Wildman–Crippen MR) is 86.9 cm³/mol. The van der Waals surface area contributed by atoms with Crippen molar-refractivity contribution in [2.24, 2.45) is 5.92 Å². The van der Waals surface area contributed by atoms with Crippen molar-refractivity contribution in [2.75, 3.05) is 0 Å². The summed E-state index contributed by atoms with van der Waals surface area (Å²) in [5, 5.41) is 3.48. The number of hydrogen-bond acceptors (Lipinski definition) is 1. The van der Waals surface area contributed by atoms with E-state index in [9.17, 15) is 0 Å². The summed E-state index contributed by atoms with van der Waals surface area (Å²) in [6.07, 6.45) is 5.45. The Balaban J connectivity index is 2.74. The maximum Gasteiger partial charge on any atom is 0.0344 e. The van der Waals surface area contributed by atoms with Crippen LogP contribution in [0, 0.1) is 5.92 Å². The van der Waals surface area contributed by atoms with Crippen LogP contribution >= 0.6 is 0 Å². The van der Waals surface area contributed by atoms with Crippen molar-refractivity contribution in [3.63, 3.8) is 0 Å². The molecule has 19 heavy (non-hydrogen) atoms. The van der Waals surface area contributed by atoms with Gasteiger partial charge in [0, 0.05) is 11.2 Å². The molecule has 0 unspecified atom stereocenters. The molecule has 1 nitrogen and oxygen atoms in total. The Morgan fingerprint density at radius 1 is 1.26 bits per heavy atom. The first kappa shape index (κ1) is 15.6. The predicted octanol–water partition coefficient (Wildman–Crippen LogP) is 5.10. The summed E-state index contributed by atoms with van der Waals surface area (Å²) in [6, 6.07) is 8.53. The molecule has 1 aromatic carbocycles. The van der Waals surface area contributed by atoms with Crippen molar-refractivity contribution in [1.82, 2.24) is 5.32 Å². The highest BCUT2D eigenvalue weighted by molar-refractivity contribution is 5.64. The molecule has 0 heterocycles. The van der Waals surface area contributed by atoms with Gasteiger partial charge in [-0.2, -0.15) is 0 Å². The van der Waals surface area contributed by atoms with Gasteiger partial charge in [-0.15, -0.1) is 0 Å². The van der Waals surface area contributed by atoms with Crippen LogP contribution in [0.4, 0.5) is 0 Å². The van der Waals surface area contributed by atoms with Crippen LogP contribution in [0.3, 0.4) is 0 Å². The highest BCUT2D eigenvalue weighted by Gasteiger charge is 2.15. The van der Waals surface area contributed by atoms with Gasteiger partial charge in [0.1, 0.15) is 0 Å². The molecule has 0 aromatic heterocycles. The second-order valence-electron chi connectivity index (χ2n) is 6.07. The summed E-state index contributed by atoms with van der Waals surface area (Å²) in [5.74, 6) is 0.585. The number of rotatable bonds is 6. The first-order valence-electron chi connectivity index (χ1n) is 7.10. The van der Waals surface area contributed by atoms with Crippen molar-refractivity contribution in [3.05, 3.63) is 48.0 Å². The van der Waals surface area contributed by atoms with E-state index in [1.807, 2.05) is 0 Å². The molecule has 0 aliphatic heterocycles. The Kier molecular flexibility index (Phi) is 5.41. The lowest BCUT2D eigenvalue weighted by Gasteiger charge is -2.27. The van der Waals surface area contributed by atoms with E-state index in [1.165, 1.54) is 5.56 Å². The molecule has 0 bridgehead atoms. The maximum absolute atomic E-state index is 4.13. The van der Waals surface area contributed by atoms with E-state index in [-0.39, 0.29) is 5.54 Å². The van der Waals surface area contributed by atoms with Crippen molar-refractivity contribution < 1.29 is 0 Å². The zero-order valence-electron chi connectivity index (χ0n) is 13.0. The van der Waals surface area contributed by atoms with Crippen LogP contribution in [0.5, 0.6) is 0 Å². The minimum atomic E-state index is 0.0906. The van der Waals surface area contributed by atoms with E-state index in [0.717, 1.165) is 17.7 Å². The van der Waals surface area contributed by atoms with Crippen LogP contribution in [0.2, 0.25) is 0 Å². The van der Waals surface area contributed by atoms with Crippen LogP contribution in [-0.2, 0) is 0 Å². The minimum absolute atomic E-state index is 0.0906. The van der Waals surface area contributed by atoms with Crippen molar-refractivity contribution in [1.29, 1.82) is 0 Å². The van der Waals surface area contributed by atoms with Gasteiger partial charge in [0.15, 0.2) is 0 Å². The molecule has 0 fully saturated rings. The minimum Gasteiger partial charge on any atom is -0.380 e. The summed E-state index contributed by atoms with van der Waals surface area (Å²) >= 11 is 0. The molecule has 0 radical (unpaired) electrons. The average Bonchev–Trinajstić information content (AvgIpc) is 2.36. The summed E-state index contributed by atoms with van der Waals surface area (Å²) in [5.41, 5.74) is 3.47. The molecule has 0 amide bonds. The molecule has 0 spiro atoms. The fourth-order valence-corrected chi connectivity index (χ4v) is 1.67. The highest BCUT2D eigenvalue weighted by atomic mass is 15.0. The molecule has 0 saturated carbocycles. The van der Waals surface area contributed by atoms with Gasteiger partial charge in [0.25, 0.3) is 0 Å². The fraction of sp³-hybridized carbons (Fsp3) is 0.444. The van der Waals surface area contributed by atoms with Crippen LogP contribution in [0.15, 0.2) is 36.9 Å². The first-order valence-corrected chi connectivity index (χ1v) is 7.10. The molecular weight excluding hydrogens is 230 g/mol. The lowest BCUT2D eigenvalue weighted by molar-refractivity contribution is 0.437. The number of nitrogens with one attached hydrogen (secondary N) is 1. The molecule has 104 valence electrons. The van der Waals surface area contributed by atoms with Gasteiger partial charge in [-0.3, -0.25) is 0 Å². The third kappa shape index (κ3) is 5.34. The number of benzene rings is 1. The molecule has 1 aromatic rings. The number of hydrogen-bond donors (Lipinski definition) is 1. The van der Waals surface area contributed by atoms with E-state index in [0.29, 0.717) is 5.92 Å². The third-order valence-corrected chi connectivity index (χ3v) is 3.31. The standard InChI is InChI=1S/C18H27N/c1-7-18(5,6)19-15(4)17-12-10-16(11-13-17)9-8-14(2)3/h8-14,19H,4,7H2,1-3,5-6H3/b9-8+. The Morgan fingerprint density at radius 2 is 1.84 bits per heavy atom. The summed E-state index contributed by atoms with van der Waals surface area (Å²) in [7, 11) is 0. The van der Waals surface area contributed by atoms with Crippen LogP contribution < -0.4 is 5.32 Å². The fourth-order valence-electron chi connectivity index (χ4n) is 1.67. The largest absolute Gasteiger partial charge is 0.380 e. The summed E-state index contributed by atoms with van der Waals surface area (Å²) in [6.45, 7) is 15.1. The van der Waals surface area contributed by atoms with Gasteiger partial charge in [-0.25, -0.2) is 0 Å². The Labute approximate surface area is 118 Å². The van der Waals surface area contributed by atoms with Gasteiger partial charge >= 0.3 is 0 Å². The summed E-state index contributed by atoms with van der Waals surface area (Å²) in [4.78, 5) is 0. The molecular formula is C18H27N. The van der Waals surface area contributed by atoms with Crippen molar-refractivity contribution >= 4 is 11.8 Å². The van der Waals surface area contributed by atoms with Crippen molar-refractivity contribution in [3.8, 4) is 0 Å². The van der Waals surface area contributed by atoms with E-state index < -0.39 is 0 Å². The zero-order valence-corrected chi connectivity index (χ0v) is 13.0. The lowest BCUT2D eigenvalue weighted by atomic mass is 10.00. The van der Waals surface area contributed by atoms with E-state index in [1.54, 1.807) is 0 Å². The topological polar surface area (TPSA) is 12.0 Å². The van der Waals surface area contributed by atoms with Crippen LogP contribution in [0.1, 0.15) is 52.2 Å². The van der Waals surface area contributed by atoms with Crippen LogP contribution in [0.25, 0.3) is 11.8 Å². The van der Waals surface area contributed by atoms with E-state index in [4.69, 9.17) is 0 Å².